The zero-order valence-corrected chi connectivity index (χ0v) is 35.4. The van der Waals surface area contributed by atoms with Crippen molar-refractivity contribution in [3.05, 3.63) is 47.5 Å². The zero-order chi connectivity index (χ0) is 38.4. The second-order valence-corrected chi connectivity index (χ2v) is 20.3. The number of allylic oxidation sites excluding steroid dienone is 1. The Balaban J connectivity index is 0.00000650. The van der Waals surface area contributed by atoms with Crippen LogP contribution >= 0.6 is 7.82 Å². The van der Waals surface area contributed by atoms with Gasteiger partial charge in [0.1, 0.15) is 32.0 Å². The van der Waals surface area contributed by atoms with Gasteiger partial charge in [-0.25, -0.2) is 9.36 Å². The minimum atomic E-state index is -4.33. The summed E-state index contributed by atoms with van der Waals surface area (Å²) in [6, 6.07) is 9.57. The molecule has 0 amide bonds. The highest BCUT2D eigenvalue weighted by molar-refractivity contribution is 7.47. The number of carbonyl (C=O) groups is 1. The predicted molar refractivity (Wildman–Crippen MR) is 211 cm³/mol. The minimum absolute atomic E-state index is 0. The van der Waals surface area contributed by atoms with E-state index in [0.717, 1.165) is 60.8 Å². The Morgan fingerprint density at radius 1 is 0.963 bits per heavy atom. The van der Waals surface area contributed by atoms with E-state index in [1.807, 2.05) is 51.5 Å². The van der Waals surface area contributed by atoms with E-state index in [4.69, 9.17) is 23.3 Å². The SMILES string of the molecule is CC(C)CCC[C@@H](C)[C@H]1CC[C@H]2[C@@H]3CC=C4CC(OC(=O)OCC(COP(=O)(O)OCC[N+](C)(C)C)OCc5ccccc5)CC[C@]4(C)[C@H]3CC[C@]12C.[OH-]. The summed E-state index contributed by atoms with van der Waals surface area (Å²) >= 11 is 0. The number of nitrogens with zero attached hydrogens (tertiary/aromatic N) is 1. The van der Waals surface area contributed by atoms with Crippen molar-refractivity contribution in [2.24, 2.45) is 46.3 Å². The van der Waals surface area contributed by atoms with Crippen LogP contribution in [0.2, 0.25) is 0 Å². The first kappa shape index (κ1) is 44.9. The Morgan fingerprint density at radius 2 is 1.70 bits per heavy atom. The van der Waals surface area contributed by atoms with Crippen LogP contribution in [0.3, 0.4) is 0 Å². The Kier molecular flexibility index (Phi) is 15.9. The lowest BCUT2D eigenvalue weighted by Gasteiger charge is -2.58. The van der Waals surface area contributed by atoms with Crippen LogP contribution in [0.15, 0.2) is 42.0 Å². The first-order valence-corrected chi connectivity index (χ1v) is 22.1. The maximum absolute atomic E-state index is 13.0. The van der Waals surface area contributed by atoms with Crippen molar-refractivity contribution in [1.82, 2.24) is 0 Å². The van der Waals surface area contributed by atoms with E-state index in [1.165, 1.54) is 50.5 Å². The van der Waals surface area contributed by atoms with Gasteiger partial charge in [-0.1, -0.05) is 95.9 Å². The third-order valence-electron chi connectivity index (χ3n) is 13.7. The topological polar surface area (TPSA) is 131 Å². The fourth-order valence-corrected chi connectivity index (χ4v) is 11.4. The number of rotatable bonds is 18. The number of quaternary nitrogens is 1. The Hall–Kier alpha value is -1.78. The molecule has 11 heteroatoms. The van der Waals surface area contributed by atoms with E-state index in [-0.39, 0.29) is 43.4 Å². The number of ether oxygens (including phenoxy) is 3. The highest BCUT2D eigenvalue weighted by Crippen LogP contribution is 2.67. The zero-order valence-electron chi connectivity index (χ0n) is 34.5. The lowest BCUT2D eigenvalue weighted by molar-refractivity contribution is -0.870. The number of benzene rings is 1. The van der Waals surface area contributed by atoms with Gasteiger partial charge in [0.25, 0.3) is 0 Å². The standard InChI is InChI=1S/C43H70NO8P.H2O/c1-31(2)13-12-14-32(3)38-19-20-39-37-18-17-34-27-35(21-23-42(34,4)40(37)22-24-43(38,39)5)52-41(45)49-29-36(48-28-33-15-10-9-11-16-33)30-51-53(46,47)50-26-25-44(6,7)8;/h9-11,15-17,31-32,35-40H,12-14,18-30H2,1-8H3;1H2/t32-,35?,36?,37+,38-,39+,40+,42+,43-;/m1./s1. The van der Waals surface area contributed by atoms with Gasteiger partial charge in [-0.3, -0.25) is 9.05 Å². The van der Waals surface area contributed by atoms with E-state index in [0.29, 0.717) is 22.4 Å². The number of phosphoric acid groups is 1. The number of phosphoric ester groups is 1. The number of carbonyl (C=O) groups excluding carboxylic acids is 1. The number of hydrogen-bond donors (Lipinski definition) is 1. The van der Waals surface area contributed by atoms with Gasteiger partial charge in [-0.05, 0) is 96.8 Å². The lowest BCUT2D eigenvalue weighted by atomic mass is 9.47. The molecule has 10 nitrogen and oxygen atoms in total. The molecule has 2 N–H and O–H groups in total. The van der Waals surface area contributed by atoms with Gasteiger partial charge >= 0.3 is 14.0 Å². The van der Waals surface area contributed by atoms with Gasteiger partial charge in [0, 0.05) is 6.42 Å². The first-order valence-electron chi connectivity index (χ1n) is 20.6. The number of fused-ring (bicyclic) bond motifs is 5. The first-order chi connectivity index (χ1) is 25.0. The second kappa shape index (κ2) is 19.1. The molecule has 54 heavy (non-hydrogen) atoms. The summed E-state index contributed by atoms with van der Waals surface area (Å²) in [4.78, 5) is 23.3. The van der Waals surface area contributed by atoms with Crippen molar-refractivity contribution in [3.63, 3.8) is 0 Å². The molecule has 5 rings (SSSR count). The molecule has 0 radical (unpaired) electrons. The van der Waals surface area contributed by atoms with Crippen molar-refractivity contribution in [2.45, 2.75) is 124 Å². The number of hydrogen-bond acceptors (Lipinski definition) is 8. The molecule has 0 aromatic heterocycles. The summed E-state index contributed by atoms with van der Waals surface area (Å²) in [7, 11) is 1.58. The smallest absolute Gasteiger partial charge is 0.508 e. The monoisotopic (exact) mass is 777 g/mol. The van der Waals surface area contributed by atoms with Crippen molar-refractivity contribution in [2.75, 3.05) is 47.5 Å². The molecular weight excluding hydrogens is 705 g/mol. The summed E-state index contributed by atoms with van der Waals surface area (Å²) in [5.41, 5.74) is 3.01. The normalized spacial score (nSPS) is 31.5. The summed E-state index contributed by atoms with van der Waals surface area (Å²) < 4.78 is 41.1. The molecule has 0 heterocycles. The van der Waals surface area contributed by atoms with Crippen LogP contribution in [-0.2, 0) is 34.4 Å². The Bertz CT molecular complexity index is 1420. The van der Waals surface area contributed by atoms with Crippen molar-refractivity contribution >= 4 is 14.0 Å². The Morgan fingerprint density at radius 3 is 2.41 bits per heavy atom. The fourth-order valence-electron chi connectivity index (χ4n) is 10.7. The minimum Gasteiger partial charge on any atom is -0.870 e. The van der Waals surface area contributed by atoms with Gasteiger partial charge in [0.15, 0.2) is 0 Å². The molecule has 4 aliphatic carbocycles. The van der Waals surface area contributed by atoms with Crippen molar-refractivity contribution < 1.29 is 47.5 Å². The van der Waals surface area contributed by atoms with Crippen LogP contribution in [0.1, 0.15) is 111 Å². The molecule has 4 aliphatic rings. The lowest BCUT2D eigenvalue weighted by Crippen LogP contribution is -2.51. The second-order valence-electron chi connectivity index (χ2n) is 18.9. The predicted octanol–water partition coefficient (Wildman–Crippen LogP) is 9.80. The largest absolute Gasteiger partial charge is 0.870 e. The molecule has 0 bridgehead atoms. The average Bonchev–Trinajstić information content (AvgIpc) is 3.45. The molecule has 308 valence electrons. The molecular formula is C43H72NO9P. The van der Waals surface area contributed by atoms with E-state index >= 15 is 0 Å². The van der Waals surface area contributed by atoms with Crippen molar-refractivity contribution in [3.8, 4) is 0 Å². The van der Waals surface area contributed by atoms with E-state index in [1.54, 1.807) is 0 Å². The maximum Gasteiger partial charge on any atom is 0.508 e. The molecule has 3 unspecified atom stereocenters. The summed E-state index contributed by atoms with van der Waals surface area (Å²) in [5.74, 6) is 4.72. The highest BCUT2D eigenvalue weighted by atomic mass is 31.2. The summed E-state index contributed by atoms with van der Waals surface area (Å²) in [5, 5.41) is 0. The molecule has 1 aromatic carbocycles. The van der Waals surface area contributed by atoms with Gasteiger partial charge in [0.2, 0.25) is 0 Å². The summed E-state index contributed by atoms with van der Waals surface area (Å²) in [6.07, 6.45) is 14.0. The van der Waals surface area contributed by atoms with Crippen LogP contribution in [0.4, 0.5) is 4.79 Å². The van der Waals surface area contributed by atoms with Crippen LogP contribution in [0.5, 0.6) is 0 Å². The maximum atomic E-state index is 13.0. The van der Waals surface area contributed by atoms with Crippen LogP contribution in [0.25, 0.3) is 0 Å². The van der Waals surface area contributed by atoms with Crippen LogP contribution in [-0.4, -0.2) is 80.7 Å². The fraction of sp³-hybridized carbons (Fsp3) is 0.791. The highest BCUT2D eigenvalue weighted by Gasteiger charge is 2.59. The van der Waals surface area contributed by atoms with Crippen molar-refractivity contribution in [1.29, 1.82) is 0 Å². The third kappa shape index (κ3) is 11.6. The van der Waals surface area contributed by atoms with E-state index in [2.05, 4.69) is 40.7 Å². The van der Waals surface area contributed by atoms with Crippen LogP contribution < -0.4 is 0 Å². The van der Waals surface area contributed by atoms with Gasteiger partial charge in [0.05, 0.1) is 34.4 Å². The quantitative estimate of drug-likeness (QED) is 0.0670. The van der Waals surface area contributed by atoms with Gasteiger partial charge in [-0.15, -0.1) is 0 Å². The molecule has 0 saturated heterocycles. The van der Waals surface area contributed by atoms with Crippen LogP contribution in [0, 0.1) is 46.3 Å². The third-order valence-corrected chi connectivity index (χ3v) is 14.7. The molecule has 10 atom stereocenters. The Labute approximate surface area is 326 Å². The molecule has 0 spiro atoms. The molecule has 1 aromatic rings. The molecule has 3 fully saturated rings. The van der Waals surface area contributed by atoms with Gasteiger partial charge in [-0.2, -0.15) is 0 Å². The molecule has 3 saturated carbocycles. The average molecular weight is 778 g/mol. The number of likely N-dealkylation sites (N-methyl/N-ethyl adjacent to an activating group) is 1. The summed E-state index contributed by atoms with van der Waals surface area (Å²) in [6.45, 7) is 12.7. The van der Waals surface area contributed by atoms with E-state index < -0.39 is 20.1 Å². The molecule has 0 aliphatic heterocycles. The van der Waals surface area contributed by atoms with E-state index in [9.17, 15) is 14.3 Å². The van der Waals surface area contributed by atoms with Gasteiger partial charge < -0.3 is 29.1 Å².